The van der Waals surface area contributed by atoms with Gasteiger partial charge in [-0.2, -0.15) is 0 Å². The Kier molecular flexibility index (Phi) is 9.65. The van der Waals surface area contributed by atoms with Crippen molar-refractivity contribution in [3.8, 4) is 5.75 Å². The summed E-state index contributed by atoms with van der Waals surface area (Å²) >= 11 is 12.5. The SMILES string of the molecule is CN(CCCn1c(=N)n(CC(=O)c2ccc(Cl)cc2)c2cccc(Cl)c21)C(=O)Cc1ccc(OCc2ccccc2)cc1. The van der Waals surface area contributed by atoms with Crippen molar-refractivity contribution < 1.29 is 14.3 Å². The van der Waals surface area contributed by atoms with Gasteiger partial charge in [0.2, 0.25) is 11.5 Å². The third kappa shape index (κ3) is 7.37. The number of fused-ring (bicyclic) bond motifs is 1. The highest BCUT2D eigenvalue weighted by Crippen LogP contribution is 2.24. The maximum atomic E-state index is 13.0. The Morgan fingerprint density at radius 1 is 0.837 bits per heavy atom. The van der Waals surface area contributed by atoms with Gasteiger partial charge in [0.15, 0.2) is 5.78 Å². The van der Waals surface area contributed by atoms with Crippen LogP contribution in [-0.2, 0) is 30.9 Å². The minimum atomic E-state index is -0.129. The lowest BCUT2D eigenvalue weighted by molar-refractivity contribution is -0.129. The van der Waals surface area contributed by atoms with Crippen LogP contribution in [0.15, 0.2) is 97.1 Å². The summed E-state index contributed by atoms with van der Waals surface area (Å²) in [7, 11) is 1.78. The predicted molar refractivity (Wildman–Crippen MR) is 170 cm³/mol. The quantitative estimate of drug-likeness (QED) is 0.157. The number of nitrogens with one attached hydrogen (secondary N) is 1. The molecule has 1 heterocycles. The van der Waals surface area contributed by atoms with E-state index >= 15 is 0 Å². The summed E-state index contributed by atoms with van der Waals surface area (Å²) in [5.74, 6) is 0.628. The third-order valence-electron chi connectivity index (χ3n) is 7.33. The first-order valence-electron chi connectivity index (χ1n) is 14.0. The number of imidazole rings is 1. The van der Waals surface area contributed by atoms with Crippen molar-refractivity contribution >= 4 is 45.9 Å². The molecule has 43 heavy (non-hydrogen) atoms. The van der Waals surface area contributed by atoms with Crippen molar-refractivity contribution in [2.75, 3.05) is 13.6 Å². The molecule has 0 spiro atoms. The Balaban J connectivity index is 1.19. The smallest absolute Gasteiger partial charge is 0.226 e. The van der Waals surface area contributed by atoms with E-state index in [0.29, 0.717) is 52.8 Å². The number of halogens is 2. The van der Waals surface area contributed by atoms with E-state index < -0.39 is 0 Å². The van der Waals surface area contributed by atoms with Gasteiger partial charge >= 0.3 is 0 Å². The molecule has 0 saturated heterocycles. The molecule has 0 fully saturated rings. The van der Waals surface area contributed by atoms with Crippen LogP contribution in [0, 0.1) is 5.41 Å². The lowest BCUT2D eigenvalue weighted by atomic mass is 10.1. The second-order valence-corrected chi connectivity index (χ2v) is 11.2. The molecule has 1 amide bonds. The van der Waals surface area contributed by atoms with Crippen molar-refractivity contribution in [3.05, 3.63) is 129 Å². The molecule has 0 bridgehead atoms. The van der Waals surface area contributed by atoms with E-state index in [1.807, 2.05) is 66.7 Å². The summed E-state index contributed by atoms with van der Waals surface area (Å²) in [6.07, 6.45) is 0.894. The Hall–Kier alpha value is -4.33. The van der Waals surface area contributed by atoms with Crippen LogP contribution in [0.1, 0.15) is 27.9 Å². The number of likely N-dealkylation sites (N-methyl/N-ethyl adjacent to an activating group) is 1. The van der Waals surface area contributed by atoms with Gasteiger partial charge in [-0.15, -0.1) is 0 Å². The van der Waals surface area contributed by atoms with Crippen LogP contribution < -0.4 is 10.4 Å². The Morgan fingerprint density at radius 2 is 1.56 bits per heavy atom. The molecule has 0 unspecified atom stereocenters. The molecular formula is C34H32Cl2N4O3. The molecular weight excluding hydrogens is 583 g/mol. The van der Waals surface area contributed by atoms with Gasteiger partial charge in [-0.3, -0.25) is 15.0 Å². The van der Waals surface area contributed by atoms with E-state index in [1.54, 1.807) is 51.4 Å². The maximum absolute atomic E-state index is 13.0. The monoisotopic (exact) mass is 614 g/mol. The summed E-state index contributed by atoms with van der Waals surface area (Å²) in [5, 5.41) is 9.94. The molecule has 0 radical (unpaired) electrons. The lowest BCUT2D eigenvalue weighted by Crippen LogP contribution is -2.31. The van der Waals surface area contributed by atoms with Crippen LogP contribution in [0.2, 0.25) is 10.0 Å². The summed E-state index contributed by atoms with van der Waals surface area (Å²) in [6, 6.07) is 29.7. The number of rotatable bonds is 12. The number of ketones is 1. The second kappa shape index (κ2) is 13.8. The molecule has 5 rings (SSSR count). The fourth-order valence-corrected chi connectivity index (χ4v) is 5.35. The molecule has 4 aromatic carbocycles. The molecule has 0 aliphatic heterocycles. The van der Waals surface area contributed by atoms with Gasteiger partial charge in [0.05, 0.1) is 29.0 Å². The second-order valence-electron chi connectivity index (χ2n) is 10.4. The number of carbonyl (C=O) groups is 2. The van der Waals surface area contributed by atoms with E-state index in [4.69, 9.17) is 33.3 Å². The highest BCUT2D eigenvalue weighted by atomic mass is 35.5. The zero-order valence-electron chi connectivity index (χ0n) is 23.8. The van der Waals surface area contributed by atoms with Crippen molar-refractivity contribution in [2.45, 2.75) is 32.5 Å². The van der Waals surface area contributed by atoms with Crippen LogP contribution in [0.25, 0.3) is 11.0 Å². The number of amides is 1. The molecule has 9 heteroatoms. The normalized spacial score (nSPS) is 11.0. The molecule has 0 saturated carbocycles. The lowest BCUT2D eigenvalue weighted by Gasteiger charge is -2.18. The Morgan fingerprint density at radius 3 is 2.28 bits per heavy atom. The molecule has 1 N–H and O–H groups in total. The first kappa shape index (κ1) is 30.1. The average Bonchev–Trinajstić information content (AvgIpc) is 3.28. The van der Waals surface area contributed by atoms with Gasteiger partial charge in [0.25, 0.3) is 0 Å². The fourth-order valence-electron chi connectivity index (χ4n) is 4.95. The number of aromatic nitrogens is 2. The van der Waals surface area contributed by atoms with Crippen molar-refractivity contribution in [1.82, 2.24) is 14.0 Å². The maximum Gasteiger partial charge on any atom is 0.226 e. The van der Waals surface area contributed by atoms with Gasteiger partial charge in [0, 0.05) is 30.7 Å². The minimum Gasteiger partial charge on any atom is -0.489 e. The van der Waals surface area contributed by atoms with Gasteiger partial charge in [-0.1, -0.05) is 71.7 Å². The largest absolute Gasteiger partial charge is 0.489 e. The molecule has 220 valence electrons. The van der Waals surface area contributed by atoms with Crippen LogP contribution in [0.3, 0.4) is 0 Å². The number of aryl methyl sites for hydroxylation is 1. The molecule has 7 nitrogen and oxygen atoms in total. The van der Waals surface area contributed by atoms with E-state index in [2.05, 4.69) is 0 Å². The molecule has 0 atom stereocenters. The molecule has 0 aliphatic rings. The van der Waals surface area contributed by atoms with Crippen molar-refractivity contribution in [2.24, 2.45) is 0 Å². The molecule has 0 aliphatic carbocycles. The molecule has 1 aromatic heterocycles. The fraction of sp³-hybridized carbons (Fsp3) is 0.206. The highest BCUT2D eigenvalue weighted by molar-refractivity contribution is 6.35. The van der Waals surface area contributed by atoms with Gasteiger partial charge in [-0.05, 0) is 66.1 Å². The number of Topliss-reactive ketones (excluding diaryl/α,β-unsaturated/α-hetero) is 1. The summed E-state index contributed by atoms with van der Waals surface area (Å²) in [6.45, 7) is 1.46. The van der Waals surface area contributed by atoms with Crippen LogP contribution in [-0.4, -0.2) is 39.3 Å². The third-order valence-corrected chi connectivity index (χ3v) is 7.89. The number of carbonyl (C=O) groups excluding carboxylic acids is 2. The number of nitrogens with zero attached hydrogens (tertiary/aromatic N) is 3. The standard InChI is InChI=1S/C34H32Cl2N4O3/c1-38(32(42)21-24-11-17-28(18-12-24)43-23-25-7-3-2-4-8-25)19-6-20-39-33-29(36)9-5-10-30(33)40(34(39)37)22-31(41)26-13-15-27(35)16-14-26/h2-5,7-18,37H,6,19-23H2,1H3. The summed E-state index contributed by atoms with van der Waals surface area (Å²) in [4.78, 5) is 27.7. The van der Waals surface area contributed by atoms with Gasteiger partial charge < -0.3 is 18.8 Å². The Bertz CT molecular complexity index is 1780. The first-order valence-corrected chi connectivity index (χ1v) is 14.8. The van der Waals surface area contributed by atoms with Gasteiger partial charge in [-0.25, -0.2) is 0 Å². The minimum absolute atomic E-state index is 0.00121. The van der Waals surface area contributed by atoms with Crippen LogP contribution in [0.4, 0.5) is 0 Å². The summed E-state index contributed by atoms with van der Waals surface area (Å²) in [5.41, 5.74) is 4.11. The van der Waals surface area contributed by atoms with E-state index in [0.717, 1.165) is 16.9 Å². The van der Waals surface area contributed by atoms with Crippen LogP contribution >= 0.6 is 23.2 Å². The average molecular weight is 616 g/mol. The topological polar surface area (TPSA) is 80.3 Å². The van der Waals surface area contributed by atoms with Crippen LogP contribution in [0.5, 0.6) is 5.75 Å². The summed E-state index contributed by atoms with van der Waals surface area (Å²) < 4.78 is 9.32. The number of benzene rings is 4. The molecule has 5 aromatic rings. The predicted octanol–water partition coefficient (Wildman–Crippen LogP) is 6.78. The van der Waals surface area contributed by atoms with E-state index in [-0.39, 0.29) is 30.3 Å². The number of hydrogen-bond donors (Lipinski definition) is 1. The first-order chi connectivity index (χ1) is 20.8. The zero-order chi connectivity index (χ0) is 30.3. The van der Waals surface area contributed by atoms with E-state index in [1.165, 1.54) is 0 Å². The number of hydrogen-bond acceptors (Lipinski definition) is 4. The number of para-hydroxylation sites is 1. The zero-order valence-corrected chi connectivity index (χ0v) is 25.3. The van der Waals surface area contributed by atoms with Crippen molar-refractivity contribution in [3.63, 3.8) is 0 Å². The van der Waals surface area contributed by atoms with E-state index in [9.17, 15) is 9.59 Å². The van der Waals surface area contributed by atoms with Crippen molar-refractivity contribution in [1.29, 1.82) is 5.41 Å². The van der Waals surface area contributed by atoms with Gasteiger partial charge in [0.1, 0.15) is 12.4 Å². The Labute approximate surface area is 260 Å². The number of ether oxygens (including phenoxy) is 1. The highest BCUT2D eigenvalue weighted by Gasteiger charge is 2.17.